The fraction of sp³-hybridized carbons (Fsp3) is 0.455. The molecule has 7 nitrogen and oxygen atoms in total. The Balaban J connectivity index is 0.000000383. The molecule has 0 aromatic heterocycles. The molecule has 0 radical (unpaired) electrons. The molecule has 1 aromatic rings. The van der Waals surface area contributed by atoms with Crippen LogP contribution in [0.1, 0.15) is 0 Å². The van der Waals surface area contributed by atoms with Gasteiger partial charge >= 0.3 is 8.26 Å². The maximum absolute atomic E-state index is 10.7. The second-order valence-corrected chi connectivity index (χ2v) is 8.11. The molecule has 0 amide bonds. The number of piperazine rings is 1. The monoisotopic (exact) mass is 355 g/mol. The van der Waals surface area contributed by atoms with Crippen LogP contribution >= 0.6 is 21.4 Å². The summed E-state index contributed by atoms with van der Waals surface area (Å²) in [5.74, 6) is 0. The number of nitro benzene ring substituents is 1. The number of nitro groups is 1. The van der Waals surface area contributed by atoms with Crippen molar-refractivity contribution in [2.75, 3.05) is 38.1 Å². The van der Waals surface area contributed by atoms with Gasteiger partial charge in [-0.25, -0.2) is 0 Å². The van der Waals surface area contributed by atoms with Gasteiger partial charge in [-0.05, 0) is 13.1 Å². The van der Waals surface area contributed by atoms with Gasteiger partial charge in [-0.15, -0.1) is 0 Å². The van der Waals surface area contributed by atoms with Gasteiger partial charge in [0.25, 0.3) is 5.69 Å². The highest BCUT2D eigenvalue weighted by molar-refractivity contribution is 8.31. The summed E-state index contributed by atoms with van der Waals surface area (Å²) in [6, 6.07) is 6.84. The highest BCUT2D eigenvalue weighted by Gasteiger charge is 2.16. The lowest BCUT2D eigenvalue weighted by Gasteiger charge is -2.33. The summed E-state index contributed by atoms with van der Waals surface area (Å²) in [6.07, 6.45) is 0. The van der Waals surface area contributed by atoms with Gasteiger partial charge in [-0.2, -0.15) is 8.42 Å². The molecule has 2 rings (SSSR count). The number of nitrogens with zero attached hydrogens (tertiary/aromatic N) is 3. The van der Waals surface area contributed by atoms with Gasteiger partial charge in [0.2, 0.25) is 0 Å². The number of halogens is 2. The standard InChI is InChI=1S/C11H15N3O2.Cl2O2S/c1-12-5-7-13(8-6-12)10-3-2-4-11(9-10)14(15)16;1-5(2,3)4/h2-4,9H,5-8H2,1H3;. The Bertz CT molecular complexity index is 581. The van der Waals surface area contributed by atoms with Crippen molar-refractivity contribution in [2.24, 2.45) is 0 Å². The van der Waals surface area contributed by atoms with E-state index in [-0.39, 0.29) is 10.6 Å². The van der Waals surface area contributed by atoms with Crippen molar-refractivity contribution < 1.29 is 13.3 Å². The maximum Gasteiger partial charge on any atom is 0.317 e. The predicted octanol–water partition coefficient (Wildman–Crippen LogP) is 2.06. The van der Waals surface area contributed by atoms with E-state index in [0.29, 0.717) is 0 Å². The van der Waals surface area contributed by atoms with Gasteiger partial charge in [0, 0.05) is 65.4 Å². The first kappa shape index (κ1) is 18.0. The SMILES string of the molecule is CN1CCN(c2cccc([N+](=O)[O-])c2)CC1.O=S(=O)(Cl)Cl. The van der Waals surface area contributed by atoms with E-state index in [1.54, 1.807) is 12.1 Å². The Kier molecular flexibility index (Phi) is 6.66. The highest BCUT2D eigenvalue weighted by Crippen LogP contribution is 2.21. The van der Waals surface area contributed by atoms with E-state index >= 15 is 0 Å². The van der Waals surface area contributed by atoms with Crippen LogP contribution in [0.3, 0.4) is 0 Å². The Labute approximate surface area is 132 Å². The summed E-state index contributed by atoms with van der Waals surface area (Å²) in [7, 11) is 6.90. The predicted molar refractivity (Wildman–Crippen MR) is 83.4 cm³/mol. The molecular formula is C11H15Cl2N3O4S. The van der Waals surface area contributed by atoms with Crippen LogP contribution in [0.15, 0.2) is 24.3 Å². The molecule has 118 valence electrons. The smallest absolute Gasteiger partial charge is 0.317 e. The van der Waals surface area contributed by atoms with E-state index in [1.165, 1.54) is 6.07 Å². The van der Waals surface area contributed by atoms with E-state index in [0.717, 1.165) is 31.9 Å². The van der Waals surface area contributed by atoms with E-state index < -0.39 is 8.26 Å². The lowest BCUT2D eigenvalue weighted by Crippen LogP contribution is -2.44. The van der Waals surface area contributed by atoms with Crippen molar-refractivity contribution in [3.63, 3.8) is 0 Å². The molecule has 1 aromatic carbocycles. The van der Waals surface area contributed by atoms with Gasteiger partial charge in [0.15, 0.2) is 0 Å². The van der Waals surface area contributed by atoms with E-state index in [4.69, 9.17) is 8.42 Å². The second-order valence-electron chi connectivity index (χ2n) is 4.45. The molecule has 1 saturated heterocycles. The topological polar surface area (TPSA) is 83.8 Å². The zero-order valence-electron chi connectivity index (χ0n) is 11.3. The lowest BCUT2D eigenvalue weighted by atomic mass is 10.2. The highest BCUT2D eigenvalue weighted by atomic mass is 36.0. The number of non-ortho nitro benzene ring substituents is 1. The van der Waals surface area contributed by atoms with Crippen molar-refractivity contribution in [3.05, 3.63) is 34.4 Å². The van der Waals surface area contributed by atoms with E-state index in [1.807, 2.05) is 6.07 Å². The van der Waals surface area contributed by atoms with Gasteiger partial charge in [-0.1, -0.05) is 6.07 Å². The zero-order valence-corrected chi connectivity index (χ0v) is 13.6. The Morgan fingerprint density at radius 3 is 2.19 bits per heavy atom. The molecular weight excluding hydrogens is 341 g/mol. The lowest BCUT2D eigenvalue weighted by molar-refractivity contribution is -0.384. The number of benzene rings is 1. The summed E-state index contributed by atoms with van der Waals surface area (Å²) in [4.78, 5) is 14.8. The van der Waals surface area contributed by atoms with Gasteiger partial charge in [0.1, 0.15) is 0 Å². The van der Waals surface area contributed by atoms with Crippen LogP contribution in [0.2, 0.25) is 0 Å². The molecule has 0 spiro atoms. The van der Waals surface area contributed by atoms with Gasteiger partial charge in [-0.3, -0.25) is 10.1 Å². The molecule has 1 heterocycles. The van der Waals surface area contributed by atoms with Crippen LogP contribution in [0.25, 0.3) is 0 Å². The third-order valence-electron chi connectivity index (χ3n) is 2.91. The van der Waals surface area contributed by atoms with Crippen LogP contribution in [0, 0.1) is 10.1 Å². The molecule has 21 heavy (non-hydrogen) atoms. The second kappa shape index (κ2) is 7.79. The molecule has 0 atom stereocenters. The number of hydrogen-bond donors (Lipinski definition) is 0. The number of likely N-dealkylation sites (N-methyl/N-ethyl adjacent to an activating group) is 1. The quantitative estimate of drug-likeness (QED) is 0.458. The average molecular weight is 356 g/mol. The molecule has 1 aliphatic heterocycles. The Hall–Kier alpha value is -1.09. The molecule has 0 N–H and O–H groups in total. The van der Waals surface area contributed by atoms with E-state index in [9.17, 15) is 10.1 Å². The minimum atomic E-state index is -3.72. The van der Waals surface area contributed by atoms with E-state index in [2.05, 4.69) is 38.2 Å². The first-order valence-electron chi connectivity index (χ1n) is 5.99. The largest absolute Gasteiger partial charge is 0.369 e. The summed E-state index contributed by atoms with van der Waals surface area (Å²) in [6.45, 7) is 3.86. The molecule has 10 heteroatoms. The Morgan fingerprint density at radius 1 is 1.19 bits per heavy atom. The van der Waals surface area contributed by atoms with Crippen LogP contribution in [-0.4, -0.2) is 51.5 Å². The zero-order chi connectivity index (χ0) is 16.0. The van der Waals surface area contributed by atoms with Crippen molar-refractivity contribution in [1.29, 1.82) is 0 Å². The Morgan fingerprint density at radius 2 is 1.71 bits per heavy atom. The normalized spacial score (nSPS) is 16.0. The van der Waals surface area contributed by atoms with Crippen LogP contribution in [0.4, 0.5) is 11.4 Å². The third-order valence-corrected chi connectivity index (χ3v) is 2.91. The van der Waals surface area contributed by atoms with Crippen LogP contribution in [0.5, 0.6) is 0 Å². The molecule has 1 aliphatic rings. The van der Waals surface area contributed by atoms with Gasteiger partial charge in [0.05, 0.1) is 4.92 Å². The van der Waals surface area contributed by atoms with Crippen molar-refractivity contribution in [1.82, 2.24) is 4.90 Å². The summed E-state index contributed by atoms with van der Waals surface area (Å²) in [5, 5.41) is 10.7. The fourth-order valence-corrected chi connectivity index (χ4v) is 1.87. The summed E-state index contributed by atoms with van der Waals surface area (Å²) >= 11 is 0. The summed E-state index contributed by atoms with van der Waals surface area (Å²) in [5.41, 5.74) is 1.11. The molecule has 0 aliphatic carbocycles. The molecule has 1 fully saturated rings. The molecule has 0 unspecified atom stereocenters. The summed E-state index contributed by atoms with van der Waals surface area (Å²) < 4.78 is 18.3. The minimum absolute atomic E-state index is 0.163. The van der Waals surface area contributed by atoms with Gasteiger partial charge < -0.3 is 9.80 Å². The fourth-order valence-electron chi connectivity index (χ4n) is 1.87. The first-order chi connectivity index (χ1) is 9.66. The average Bonchev–Trinajstić information content (AvgIpc) is 2.38. The van der Waals surface area contributed by atoms with Crippen LogP contribution in [-0.2, 0) is 8.26 Å². The minimum Gasteiger partial charge on any atom is -0.369 e. The third kappa shape index (κ3) is 7.47. The van der Waals surface area contributed by atoms with Crippen LogP contribution < -0.4 is 4.90 Å². The van der Waals surface area contributed by atoms with Crippen molar-refractivity contribution in [2.45, 2.75) is 0 Å². The first-order valence-corrected chi connectivity index (χ1v) is 9.12. The number of anilines is 1. The number of hydrogen-bond acceptors (Lipinski definition) is 6. The van der Waals surface area contributed by atoms with Crippen molar-refractivity contribution in [3.8, 4) is 0 Å². The number of rotatable bonds is 2. The molecule has 0 bridgehead atoms. The maximum atomic E-state index is 10.7. The van der Waals surface area contributed by atoms with Crippen molar-refractivity contribution >= 4 is 41.0 Å². The molecule has 0 saturated carbocycles.